The fourth-order valence-corrected chi connectivity index (χ4v) is 0.646. The molecule has 0 amide bonds. The Bertz CT molecular complexity index is 240. The maximum absolute atomic E-state index is 4.74. The molecule has 0 atom stereocenters. The second-order valence-electron chi connectivity index (χ2n) is 2.12. The number of allylic oxidation sites excluding steroid dienone is 2. The summed E-state index contributed by atoms with van der Waals surface area (Å²) in [5.74, 6) is 0.472. The minimum Gasteiger partial charge on any atom is -0.340 e. The first kappa shape index (κ1) is 7.65. The van der Waals surface area contributed by atoms with Gasteiger partial charge in [0.2, 0.25) is 0 Å². The average Bonchev–Trinajstić information content (AvgIpc) is 2.02. The molecule has 58 valence electrons. The summed E-state index contributed by atoms with van der Waals surface area (Å²) < 4.78 is 0. The van der Waals surface area contributed by atoms with E-state index in [4.69, 9.17) is 4.84 Å². The molecule has 0 saturated carbocycles. The maximum atomic E-state index is 4.74. The van der Waals surface area contributed by atoms with Gasteiger partial charge in [-0.15, -0.1) is 5.11 Å². The van der Waals surface area contributed by atoms with Gasteiger partial charge in [0.05, 0.1) is 0 Å². The molecule has 4 nitrogen and oxygen atoms in total. The Morgan fingerprint density at radius 2 is 2.45 bits per heavy atom. The molecule has 0 aliphatic carbocycles. The quantitative estimate of drug-likeness (QED) is 0.521. The smallest absolute Gasteiger partial charge is 0.153 e. The number of nitrogens with zero attached hydrogens (tertiary/aromatic N) is 3. The average molecular weight is 151 g/mol. The molecule has 1 rings (SSSR count). The van der Waals surface area contributed by atoms with Crippen molar-refractivity contribution in [1.82, 2.24) is 0 Å². The van der Waals surface area contributed by atoms with Crippen LogP contribution in [0.25, 0.3) is 0 Å². The molecule has 0 radical (unpaired) electrons. The van der Waals surface area contributed by atoms with Gasteiger partial charge in [-0.3, -0.25) is 4.99 Å². The van der Waals surface area contributed by atoms with Gasteiger partial charge in [0.15, 0.2) is 12.4 Å². The van der Waals surface area contributed by atoms with Gasteiger partial charge in [-0.2, -0.15) is 0 Å². The van der Waals surface area contributed by atoms with E-state index >= 15 is 0 Å². The van der Waals surface area contributed by atoms with Crippen LogP contribution in [0, 0.1) is 0 Å². The van der Waals surface area contributed by atoms with Crippen molar-refractivity contribution in [2.45, 2.75) is 6.92 Å². The third kappa shape index (κ3) is 2.75. The SMILES string of the molecule is C=C1C=C(C)C=NCN=NO1. The number of hydrogen-bond donors (Lipinski definition) is 0. The van der Waals surface area contributed by atoms with Crippen LogP contribution in [0.1, 0.15) is 6.92 Å². The summed E-state index contributed by atoms with van der Waals surface area (Å²) in [6.07, 6.45) is 3.45. The van der Waals surface area contributed by atoms with Gasteiger partial charge < -0.3 is 4.84 Å². The van der Waals surface area contributed by atoms with Crippen molar-refractivity contribution in [1.29, 1.82) is 0 Å². The lowest BCUT2D eigenvalue weighted by molar-refractivity contribution is 0.213. The molecule has 0 aromatic heterocycles. The van der Waals surface area contributed by atoms with E-state index in [1.54, 1.807) is 12.3 Å². The molecule has 0 aromatic rings. The first-order valence-electron chi connectivity index (χ1n) is 3.20. The molecule has 0 spiro atoms. The summed E-state index contributed by atoms with van der Waals surface area (Å²) in [7, 11) is 0. The minimum absolute atomic E-state index is 0.304. The molecular formula is C7H9N3O. The summed E-state index contributed by atoms with van der Waals surface area (Å²) in [6, 6.07) is 0. The van der Waals surface area contributed by atoms with E-state index in [0.29, 0.717) is 12.4 Å². The highest BCUT2D eigenvalue weighted by molar-refractivity contribution is 5.78. The molecule has 0 bridgehead atoms. The highest BCUT2D eigenvalue weighted by Gasteiger charge is 1.91. The molecule has 11 heavy (non-hydrogen) atoms. The van der Waals surface area contributed by atoms with E-state index in [-0.39, 0.29) is 0 Å². The summed E-state index contributed by atoms with van der Waals surface area (Å²) >= 11 is 0. The van der Waals surface area contributed by atoms with E-state index in [1.165, 1.54) is 0 Å². The fraction of sp³-hybridized carbons (Fsp3) is 0.286. The Hall–Kier alpha value is -1.45. The first-order chi connectivity index (χ1) is 5.29. The largest absolute Gasteiger partial charge is 0.340 e. The Labute approximate surface area is 65.0 Å². The predicted octanol–water partition coefficient (Wildman–Crippen LogP) is 1.87. The van der Waals surface area contributed by atoms with E-state index in [0.717, 1.165) is 5.57 Å². The molecule has 0 N–H and O–H groups in total. The molecule has 0 unspecified atom stereocenters. The van der Waals surface area contributed by atoms with Crippen molar-refractivity contribution in [2.75, 3.05) is 6.67 Å². The summed E-state index contributed by atoms with van der Waals surface area (Å²) in [5, 5.41) is 6.96. The predicted molar refractivity (Wildman–Crippen MR) is 42.2 cm³/mol. The summed E-state index contributed by atoms with van der Waals surface area (Å²) in [5.41, 5.74) is 0.974. The number of aliphatic imine (C=N–C) groups is 1. The lowest BCUT2D eigenvalue weighted by Crippen LogP contribution is -1.81. The van der Waals surface area contributed by atoms with Crippen LogP contribution in [0.5, 0.6) is 0 Å². The molecular weight excluding hydrogens is 142 g/mol. The lowest BCUT2D eigenvalue weighted by atomic mass is 10.3. The topological polar surface area (TPSA) is 46.3 Å². The van der Waals surface area contributed by atoms with Gasteiger partial charge in [0, 0.05) is 11.5 Å². The van der Waals surface area contributed by atoms with Crippen LogP contribution in [0.3, 0.4) is 0 Å². The molecule has 1 aliphatic rings. The molecule has 0 saturated heterocycles. The van der Waals surface area contributed by atoms with Crippen molar-refractivity contribution in [3.63, 3.8) is 0 Å². The summed E-state index contributed by atoms with van der Waals surface area (Å²) in [6.45, 7) is 5.80. The van der Waals surface area contributed by atoms with Gasteiger partial charge in [-0.05, 0) is 18.6 Å². The molecule has 0 aromatic carbocycles. The van der Waals surface area contributed by atoms with Gasteiger partial charge in [0.1, 0.15) is 0 Å². The van der Waals surface area contributed by atoms with Gasteiger partial charge >= 0.3 is 0 Å². The Morgan fingerprint density at radius 3 is 3.27 bits per heavy atom. The van der Waals surface area contributed by atoms with Crippen LogP contribution < -0.4 is 0 Å². The third-order valence-electron chi connectivity index (χ3n) is 1.04. The van der Waals surface area contributed by atoms with Gasteiger partial charge in [-0.25, -0.2) is 0 Å². The Morgan fingerprint density at radius 1 is 1.64 bits per heavy atom. The normalized spacial score (nSPS) is 17.9. The highest BCUT2D eigenvalue weighted by atomic mass is 16.6. The molecule has 1 heterocycles. The highest BCUT2D eigenvalue weighted by Crippen LogP contribution is 2.02. The van der Waals surface area contributed by atoms with Crippen molar-refractivity contribution in [3.05, 3.63) is 24.0 Å². The fourth-order valence-electron chi connectivity index (χ4n) is 0.646. The van der Waals surface area contributed by atoms with Crippen LogP contribution in [0.15, 0.2) is 39.4 Å². The van der Waals surface area contributed by atoms with E-state index in [1.807, 2.05) is 6.92 Å². The van der Waals surface area contributed by atoms with Crippen LogP contribution in [-0.2, 0) is 4.84 Å². The van der Waals surface area contributed by atoms with Crippen molar-refractivity contribution in [3.8, 4) is 0 Å². The van der Waals surface area contributed by atoms with Crippen molar-refractivity contribution < 1.29 is 4.84 Å². The van der Waals surface area contributed by atoms with Crippen LogP contribution in [0.4, 0.5) is 0 Å². The maximum Gasteiger partial charge on any atom is 0.153 e. The number of rotatable bonds is 0. The Balaban J connectivity index is 2.76. The summed E-state index contributed by atoms with van der Waals surface area (Å²) in [4.78, 5) is 8.67. The van der Waals surface area contributed by atoms with Crippen LogP contribution in [0.2, 0.25) is 0 Å². The molecule has 0 fully saturated rings. The van der Waals surface area contributed by atoms with E-state index in [9.17, 15) is 0 Å². The lowest BCUT2D eigenvalue weighted by Gasteiger charge is -1.92. The first-order valence-corrected chi connectivity index (χ1v) is 3.20. The third-order valence-corrected chi connectivity index (χ3v) is 1.04. The van der Waals surface area contributed by atoms with Gasteiger partial charge in [-0.1, -0.05) is 6.58 Å². The second-order valence-corrected chi connectivity index (χ2v) is 2.12. The van der Waals surface area contributed by atoms with Gasteiger partial charge in [0.25, 0.3) is 0 Å². The minimum atomic E-state index is 0.304. The van der Waals surface area contributed by atoms with Crippen molar-refractivity contribution in [2.24, 2.45) is 15.4 Å². The van der Waals surface area contributed by atoms with E-state index < -0.39 is 0 Å². The Kier molecular flexibility index (Phi) is 2.54. The van der Waals surface area contributed by atoms with Crippen LogP contribution in [-0.4, -0.2) is 12.9 Å². The van der Waals surface area contributed by atoms with Crippen molar-refractivity contribution >= 4 is 6.21 Å². The van der Waals surface area contributed by atoms with Crippen LogP contribution >= 0.6 is 0 Å². The zero-order valence-electron chi connectivity index (χ0n) is 6.32. The number of hydrogen-bond acceptors (Lipinski definition) is 4. The molecule has 1 aliphatic heterocycles. The zero-order chi connectivity index (χ0) is 8.10. The zero-order valence-corrected chi connectivity index (χ0v) is 6.32. The molecule has 4 heteroatoms. The van der Waals surface area contributed by atoms with E-state index in [2.05, 4.69) is 22.0 Å². The monoisotopic (exact) mass is 151 g/mol. The second kappa shape index (κ2) is 3.65. The standard InChI is InChI=1S/C7H9N3O/c1-6-3-7(2)11-10-9-5-8-4-6/h3-4H,2,5H2,1H3.